The summed E-state index contributed by atoms with van der Waals surface area (Å²) in [5.41, 5.74) is 0. The molecular weight excluding hydrogens is 298 g/mol. The monoisotopic (exact) mass is 307 g/mol. The molecule has 104 valence electrons. The number of rotatable bonds is 7. The number of nitrogens with zero attached hydrogens (tertiary/aromatic N) is 2. The first-order valence-corrected chi connectivity index (χ1v) is 6.12. The fourth-order valence-corrected chi connectivity index (χ4v) is 2.21. The second-order valence-electron chi connectivity index (χ2n) is 3.30. The first-order chi connectivity index (χ1) is 8.99. The number of carbonyl (C=O) groups excluding carboxylic acids is 3. The van der Waals surface area contributed by atoms with E-state index in [9.17, 15) is 19.6 Å². The lowest BCUT2D eigenvalue weighted by molar-refractivity contribution is -0.179. The van der Waals surface area contributed by atoms with Crippen molar-refractivity contribution in [1.82, 2.24) is 15.4 Å². The maximum absolute atomic E-state index is 11.8. The minimum absolute atomic E-state index is 0.0274. The lowest BCUT2D eigenvalue weighted by Crippen LogP contribution is -2.51. The largest absolute Gasteiger partial charge is 0.327 e. The minimum atomic E-state index is -1.31. The summed E-state index contributed by atoms with van der Waals surface area (Å²) < 4.78 is 0. The van der Waals surface area contributed by atoms with Gasteiger partial charge in [0.25, 0.3) is 5.91 Å². The van der Waals surface area contributed by atoms with Gasteiger partial charge in [0.1, 0.15) is 4.88 Å². The Morgan fingerprint density at radius 1 is 1.47 bits per heavy atom. The number of hydrogen-bond donors (Lipinski definition) is 3. The fourth-order valence-electron chi connectivity index (χ4n) is 1.16. The molecule has 0 spiro atoms. The van der Waals surface area contributed by atoms with Gasteiger partial charge in [0.05, 0.1) is 11.6 Å². The Hall–Kier alpha value is -1.68. The summed E-state index contributed by atoms with van der Waals surface area (Å²) in [6.07, 6.45) is -1.21. The van der Waals surface area contributed by atoms with Crippen LogP contribution in [0.15, 0.2) is 11.4 Å². The number of amides is 3. The second kappa shape index (κ2) is 7.04. The van der Waals surface area contributed by atoms with Crippen molar-refractivity contribution in [2.24, 2.45) is 0 Å². The number of thiophene rings is 1. The topological polar surface area (TPSA) is 110 Å². The number of nitrogens with one attached hydrogen (secondary N) is 1. The van der Waals surface area contributed by atoms with E-state index in [0.717, 1.165) is 11.3 Å². The van der Waals surface area contributed by atoms with Gasteiger partial charge in [-0.05, 0) is 11.4 Å². The minimum Gasteiger partial charge on any atom is -0.327 e. The van der Waals surface area contributed by atoms with Gasteiger partial charge in [0.15, 0.2) is 6.17 Å². The smallest absolute Gasteiger partial charge is 0.264 e. The maximum atomic E-state index is 11.8. The summed E-state index contributed by atoms with van der Waals surface area (Å²) in [4.78, 5) is 32.7. The first kappa shape index (κ1) is 15.4. The molecule has 8 nitrogen and oxygen atoms in total. The van der Waals surface area contributed by atoms with Crippen LogP contribution in [-0.4, -0.2) is 52.0 Å². The number of hydroxylamine groups is 4. The van der Waals surface area contributed by atoms with Gasteiger partial charge >= 0.3 is 0 Å². The molecule has 0 aromatic carbocycles. The molecule has 0 aliphatic carbocycles. The van der Waals surface area contributed by atoms with Gasteiger partial charge < -0.3 is 5.32 Å². The van der Waals surface area contributed by atoms with Crippen molar-refractivity contribution in [2.45, 2.75) is 6.17 Å². The van der Waals surface area contributed by atoms with E-state index in [4.69, 9.17) is 16.8 Å². The molecular formula is C9H10ClN3O5S. The SMILES string of the molecule is O=CN(O)CC(NC(=O)c1sccc1Cl)N(O)C=O. The second-order valence-corrected chi connectivity index (χ2v) is 4.62. The van der Waals surface area contributed by atoms with Gasteiger partial charge in [-0.2, -0.15) is 0 Å². The third kappa shape index (κ3) is 4.17. The average molecular weight is 308 g/mol. The van der Waals surface area contributed by atoms with Gasteiger partial charge in [-0.3, -0.25) is 24.8 Å². The molecule has 0 saturated heterocycles. The van der Waals surface area contributed by atoms with Gasteiger partial charge in [-0.1, -0.05) is 11.6 Å². The van der Waals surface area contributed by atoms with Crippen molar-refractivity contribution in [3.05, 3.63) is 21.3 Å². The van der Waals surface area contributed by atoms with E-state index < -0.39 is 18.6 Å². The molecule has 0 aliphatic rings. The van der Waals surface area contributed by atoms with Crippen LogP contribution in [0.4, 0.5) is 0 Å². The molecule has 3 amide bonds. The van der Waals surface area contributed by atoms with Crippen LogP contribution in [0.3, 0.4) is 0 Å². The van der Waals surface area contributed by atoms with Gasteiger partial charge in [-0.25, -0.2) is 10.1 Å². The van der Waals surface area contributed by atoms with Crippen molar-refractivity contribution in [1.29, 1.82) is 0 Å². The summed E-state index contributed by atoms with van der Waals surface area (Å²) in [5.74, 6) is -0.648. The van der Waals surface area contributed by atoms with E-state index in [2.05, 4.69) is 5.32 Å². The normalized spacial score (nSPS) is 11.5. The van der Waals surface area contributed by atoms with Crippen LogP contribution >= 0.6 is 22.9 Å². The lowest BCUT2D eigenvalue weighted by Gasteiger charge is -2.25. The van der Waals surface area contributed by atoms with Crippen LogP contribution in [0.2, 0.25) is 5.02 Å². The zero-order valence-corrected chi connectivity index (χ0v) is 11.0. The molecule has 1 aromatic rings. The van der Waals surface area contributed by atoms with E-state index in [1.54, 1.807) is 5.38 Å². The molecule has 0 fully saturated rings. The Bertz CT molecular complexity index is 468. The highest BCUT2D eigenvalue weighted by atomic mass is 35.5. The molecule has 0 radical (unpaired) electrons. The summed E-state index contributed by atoms with van der Waals surface area (Å²) in [5, 5.41) is 22.6. The molecule has 3 N–H and O–H groups in total. The number of halogens is 1. The molecule has 1 rings (SSSR count). The fraction of sp³-hybridized carbons (Fsp3) is 0.222. The molecule has 1 heterocycles. The van der Waals surface area contributed by atoms with E-state index in [1.807, 2.05) is 0 Å². The molecule has 1 atom stereocenters. The van der Waals surface area contributed by atoms with Crippen molar-refractivity contribution >= 4 is 41.7 Å². The average Bonchev–Trinajstić information content (AvgIpc) is 2.82. The lowest BCUT2D eigenvalue weighted by atomic mass is 10.4. The Morgan fingerprint density at radius 2 is 2.16 bits per heavy atom. The van der Waals surface area contributed by atoms with E-state index >= 15 is 0 Å². The summed E-state index contributed by atoms with van der Waals surface area (Å²) in [6, 6.07) is 1.51. The maximum Gasteiger partial charge on any atom is 0.264 e. The van der Waals surface area contributed by atoms with Gasteiger partial charge in [-0.15, -0.1) is 11.3 Å². The Labute approximate surface area is 116 Å². The van der Waals surface area contributed by atoms with Gasteiger partial charge in [0.2, 0.25) is 12.8 Å². The highest BCUT2D eigenvalue weighted by Gasteiger charge is 2.22. The van der Waals surface area contributed by atoms with Crippen LogP contribution in [0, 0.1) is 0 Å². The molecule has 0 saturated carbocycles. The highest BCUT2D eigenvalue weighted by Crippen LogP contribution is 2.21. The van der Waals surface area contributed by atoms with Crippen LogP contribution in [0.5, 0.6) is 0 Å². The van der Waals surface area contributed by atoms with Crippen molar-refractivity contribution in [3.63, 3.8) is 0 Å². The molecule has 0 bridgehead atoms. The van der Waals surface area contributed by atoms with E-state index in [0.29, 0.717) is 0 Å². The third-order valence-corrected chi connectivity index (χ3v) is 3.37. The molecule has 19 heavy (non-hydrogen) atoms. The van der Waals surface area contributed by atoms with Crippen molar-refractivity contribution < 1.29 is 24.8 Å². The first-order valence-electron chi connectivity index (χ1n) is 4.86. The molecule has 1 aromatic heterocycles. The summed E-state index contributed by atoms with van der Waals surface area (Å²) >= 11 is 6.82. The highest BCUT2D eigenvalue weighted by molar-refractivity contribution is 7.12. The molecule has 10 heteroatoms. The summed E-state index contributed by atoms with van der Waals surface area (Å²) in [6.45, 7) is -0.506. The number of hydrogen-bond acceptors (Lipinski definition) is 6. The zero-order valence-electron chi connectivity index (χ0n) is 9.39. The Kier molecular flexibility index (Phi) is 5.70. The van der Waals surface area contributed by atoms with Crippen LogP contribution in [-0.2, 0) is 9.59 Å². The third-order valence-electron chi connectivity index (χ3n) is 2.03. The molecule has 1 unspecified atom stereocenters. The quantitative estimate of drug-likeness (QED) is 0.287. The Balaban J connectivity index is 2.77. The van der Waals surface area contributed by atoms with Crippen LogP contribution in [0.1, 0.15) is 9.67 Å². The predicted octanol–water partition coefficient (Wildman–Crippen LogP) is 0.153. The zero-order chi connectivity index (χ0) is 14.4. The van der Waals surface area contributed by atoms with E-state index in [-0.39, 0.29) is 32.8 Å². The van der Waals surface area contributed by atoms with Crippen LogP contribution in [0.25, 0.3) is 0 Å². The predicted molar refractivity (Wildman–Crippen MR) is 64.8 cm³/mol. The standard InChI is InChI=1S/C9H10ClN3O5S/c10-6-1-2-19-8(6)9(16)11-7(13(18)5-15)3-12(17)4-14/h1-2,4-5,7,17-18H,3H2,(H,11,16). The Morgan fingerprint density at radius 3 is 2.63 bits per heavy atom. The van der Waals surface area contributed by atoms with Crippen molar-refractivity contribution in [3.8, 4) is 0 Å². The summed E-state index contributed by atoms with van der Waals surface area (Å²) in [7, 11) is 0. The molecule has 0 aliphatic heterocycles. The van der Waals surface area contributed by atoms with E-state index in [1.165, 1.54) is 6.07 Å². The van der Waals surface area contributed by atoms with Crippen LogP contribution < -0.4 is 5.32 Å². The van der Waals surface area contributed by atoms with Crippen molar-refractivity contribution in [2.75, 3.05) is 6.54 Å². The van der Waals surface area contributed by atoms with Gasteiger partial charge in [0, 0.05) is 0 Å². The number of carbonyl (C=O) groups is 3.